The van der Waals surface area contributed by atoms with Crippen molar-refractivity contribution in [1.82, 2.24) is 0 Å². The van der Waals surface area contributed by atoms with Gasteiger partial charge in [-0.3, -0.25) is 0 Å². The summed E-state index contributed by atoms with van der Waals surface area (Å²) in [4.78, 5) is 16.0. The summed E-state index contributed by atoms with van der Waals surface area (Å²) in [6, 6.07) is 0. The maximum Gasteiger partial charge on any atom is 2.00 e. The molecule has 0 aliphatic heterocycles. The van der Waals surface area contributed by atoms with Crippen molar-refractivity contribution in [2.75, 3.05) is 0 Å². The minimum Gasteiger partial charge on any atom is -0.444 e. The third-order valence-electron chi connectivity index (χ3n) is 0. The van der Waals surface area contributed by atoms with Crippen LogP contribution in [0.25, 0.3) is 0 Å². The van der Waals surface area contributed by atoms with Gasteiger partial charge in [-0.2, -0.15) is 0 Å². The molecule has 7 heavy (non-hydrogen) atoms. The fourth-order valence-corrected chi connectivity index (χ4v) is 0. The molecular weight excluding hydrogens is 299 g/mol. The fourth-order valence-electron chi connectivity index (χ4n) is 0. The second-order valence-corrected chi connectivity index (χ2v) is 0.149. The molecule has 0 aliphatic carbocycles. The van der Waals surface area contributed by atoms with Crippen molar-refractivity contribution in [2.24, 2.45) is 10.7 Å². The summed E-state index contributed by atoms with van der Waals surface area (Å²) in [6.07, 6.45) is 0. The molecule has 0 fully saturated rings. The molecule has 0 rings (SSSR count). The van der Waals surface area contributed by atoms with Crippen molar-refractivity contribution in [1.29, 1.82) is 0 Å². The topological polar surface area (TPSA) is 105 Å². The van der Waals surface area contributed by atoms with Gasteiger partial charge in [0.25, 0.3) is 0 Å². The summed E-state index contributed by atoms with van der Waals surface area (Å²) in [5.74, 6) is 0. The molecule has 0 aromatic carbocycles. The van der Waals surface area contributed by atoms with E-state index < -0.39 is 0 Å². The third-order valence-corrected chi connectivity index (χ3v) is 0. The maximum atomic E-state index is 8.00. The van der Waals surface area contributed by atoms with Crippen LogP contribution in [-0.4, -0.2) is 27.3 Å². The molecule has 38 valence electrons. The predicted octanol–water partition coefficient (Wildman–Crippen LogP) is 0.120. The molecule has 0 N–H and O–H groups in total. The average Bonchev–Trinajstić information content (AvgIpc) is 1.39. The summed E-state index contributed by atoms with van der Waals surface area (Å²) in [7, 11) is 0. The predicted molar refractivity (Wildman–Crippen MR) is 24.1 cm³/mol. The zero-order valence-electron chi connectivity index (χ0n) is 3.03. The van der Waals surface area contributed by atoms with Crippen LogP contribution in [0.4, 0.5) is 0 Å². The van der Waals surface area contributed by atoms with Crippen LogP contribution < -0.4 is 0 Å². The Balaban J connectivity index is -0.0000000400. The van der Waals surface area contributed by atoms with E-state index in [-0.39, 0.29) is 27.3 Å². The smallest absolute Gasteiger partial charge is 0.444 e. The molecule has 0 saturated carbocycles. The Morgan fingerprint density at radius 2 is 1.00 bits per heavy atom. The first-order valence-electron chi connectivity index (χ1n) is 0.730. The normalized spacial score (nSPS) is 3.43. The molecule has 0 bridgehead atoms. The van der Waals surface area contributed by atoms with Gasteiger partial charge in [-0.25, -0.2) is 0 Å². The monoisotopic (exact) mass is 300 g/mol. The molecule has 0 saturated heterocycles. The maximum absolute atomic E-state index is 8.00. The Morgan fingerprint density at radius 3 is 1.00 bits per heavy atom. The Hall–Kier alpha value is -0.278. The third kappa shape index (κ3) is 1030. The minimum atomic E-state index is 0. The largest absolute Gasteiger partial charge is 2.00 e. The van der Waals surface area contributed by atoms with Crippen LogP contribution in [0.2, 0.25) is 0 Å². The van der Waals surface area contributed by atoms with Gasteiger partial charge in [0.1, 0.15) is 0 Å². The van der Waals surface area contributed by atoms with Crippen molar-refractivity contribution in [3.63, 3.8) is 0 Å². The Labute approximate surface area is 58.5 Å². The summed E-state index contributed by atoms with van der Waals surface area (Å²) < 4.78 is 0. The zero-order valence-corrected chi connectivity index (χ0v) is 6.91. The van der Waals surface area contributed by atoms with Crippen LogP contribution in [-0.2, 0) is 0 Å². The van der Waals surface area contributed by atoms with Crippen molar-refractivity contribution in [2.45, 2.75) is 0 Å². The molecule has 7 heteroatoms. The van der Waals surface area contributed by atoms with Gasteiger partial charge in [0.15, 0.2) is 0 Å². The second-order valence-electron chi connectivity index (χ2n) is 0.149. The van der Waals surface area contributed by atoms with E-state index in [1.54, 1.807) is 0 Å². The molecule has 0 spiro atoms. The minimum absolute atomic E-state index is 0. The van der Waals surface area contributed by atoms with E-state index in [1.165, 1.54) is 0 Å². The van der Waals surface area contributed by atoms with Crippen molar-refractivity contribution in [3.05, 3.63) is 20.2 Å². The van der Waals surface area contributed by atoms with Crippen LogP contribution in [0, 0.1) is 20.2 Å². The standard InChI is InChI=1S/2HNO2.Pb/c2*2-1-3;/h2*(H,2,3);/q;;+2/p-2. The summed E-state index contributed by atoms with van der Waals surface area (Å²) >= 11 is 0. The molecule has 0 aromatic heterocycles. The zero-order chi connectivity index (χ0) is 5.41. The van der Waals surface area contributed by atoms with Gasteiger partial charge < -0.3 is 20.2 Å². The first kappa shape index (κ1) is 15.9. The van der Waals surface area contributed by atoms with Crippen LogP contribution >= 0.6 is 0 Å². The second kappa shape index (κ2) is 43.0. The summed E-state index contributed by atoms with van der Waals surface area (Å²) in [5, 5.41) is 18.0. The first-order valence-corrected chi connectivity index (χ1v) is 0.730. The molecule has 0 atom stereocenters. The van der Waals surface area contributed by atoms with Gasteiger partial charge in [-0.15, -0.1) is 10.7 Å². The van der Waals surface area contributed by atoms with Crippen LogP contribution in [0.15, 0.2) is 10.7 Å². The van der Waals surface area contributed by atoms with Crippen molar-refractivity contribution < 1.29 is 0 Å². The molecule has 0 aliphatic rings. The van der Waals surface area contributed by atoms with Crippen LogP contribution in [0.1, 0.15) is 0 Å². The molecule has 2 radical (unpaired) electrons. The van der Waals surface area contributed by atoms with Gasteiger partial charge in [-0.05, 0) is 0 Å². The molecule has 6 nitrogen and oxygen atoms in total. The van der Waals surface area contributed by atoms with E-state index in [2.05, 4.69) is 0 Å². The Kier molecular flexibility index (Phi) is 97.6. The number of nitrogens with zero attached hydrogens (tertiary/aromatic N) is 2. The van der Waals surface area contributed by atoms with E-state index in [4.69, 9.17) is 20.2 Å². The Morgan fingerprint density at radius 1 is 1.00 bits per heavy atom. The van der Waals surface area contributed by atoms with E-state index >= 15 is 0 Å². The average molecular weight is 299 g/mol. The van der Waals surface area contributed by atoms with Crippen molar-refractivity contribution in [3.8, 4) is 0 Å². The van der Waals surface area contributed by atoms with E-state index in [9.17, 15) is 0 Å². The summed E-state index contributed by atoms with van der Waals surface area (Å²) in [5.41, 5.74) is 0. The number of hydrogen-bond donors (Lipinski definition) is 0. The van der Waals surface area contributed by atoms with E-state index in [0.29, 0.717) is 0 Å². The van der Waals surface area contributed by atoms with Gasteiger partial charge in [-0.1, -0.05) is 0 Å². The van der Waals surface area contributed by atoms with Crippen molar-refractivity contribution >= 4 is 27.3 Å². The van der Waals surface area contributed by atoms with Gasteiger partial charge in [0.2, 0.25) is 0 Å². The molecule has 0 aromatic rings. The molecule has 0 unspecified atom stereocenters. The van der Waals surface area contributed by atoms with E-state index in [1.807, 2.05) is 0 Å². The van der Waals surface area contributed by atoms with Crippen LogP contribution in [0.3, 0.4) is 0 Å². The number of hydrogen-bond acceptors (Lipinski definition) is 6. The Bertz CT molecular complexity index is 30.7. The summed E-state index contributed by atoms with van der Waals surface area (Å²) in [6.45, 7) is 0. The number of rotatable bonds is 0. The van der Waals surface area contributed by atoms with Crippen LogP contribution in [0.5, 0.6) is 0 Å². The van der Waals surface area contributed by atoms with Gasteiger partial charge in [0, 0.05) is 0 Å². The van der Waals surface area contributed by atoms with E-state index in [0.717, 1.165) is 10.7 Å². The fraction of sp³-hybridized carbons (Fsp3) is 0. The SMILES string of the molecule is O=N[O-].O=N[O-].[Pb+2]. The molecule has 0 amide bonds. The molecule has 0 heterocycles. The first-order chi connectivity index (χ1) is 2.83. The molecular formula is N2O4Pb. The van der Waals surface area contributed by atoms with Gasteiger partial charge in [0.05, 0.1) is 0 Å². The quantitative estimate of drug-likeness (QED) is 0.360. The van der Waals surface area contributed by atoms with Gasteiger partial charge >= 0.3 is 27.3 Å².